The number of aromatic nitrogens is 3. The first-order chi connectivity index (χ1) is 8.65. The van der Waals surface area contributed by atoms with Crippen molar-refractivity contribution in [3.63, 3.8) is 0 Å². The van der Waals surface area contributed by atoms with Crippen molar-refractivity contribution < 1.29 is 26.4 Å². The second-order valence-electron chi connectivity index (χ2n) is 3.78. The summed E-state index contributed by atoms with van der Waals surface area (Å²) in [6.45, 7) is 1.59. The lowest BCUT2D eigenvalue weighted by Crippen LogP contribution is -2.23. The van der Waals surface area contributed by atoms with Crippen molar-refractivity contribution in [1.29, 1.82) is 0 Å². The number of ketones is 1. The maximum absolute atomic E-state index is 12.1. The van der Waals surface area contributed by atoms with Crippen LogP contribution < -0.4 is 0 Å². The predicted molar refractivity (Wildman–Crippen MR) is 59.4 cm³/mol. The van der Waals surface area contributed by atoms with Crippen molar-refractivity contribution in [2.24, 2.45) is 0 Å². The van der Waals surface area contributed by atoms with Gasteiger partial charge in [-0.2, -0.15) is 13.2 Å². The van der Waals surface area contributed by atoms with Crippen LogP contribution in [-0.4, -0.2) is 46.9 Å². The van der Waals surface area contributed by atoms with Gasteiger partial charge in [-0.25, -0.2) is 8.42 Å². The molecule has 0 fully saturated rings. The standard InChI is InChI=1S/C9H12F3N3O3S/c1-2-19(17,18)5-3-4-15-6-7(13-14-15)8(16)9(10,11)12/h6H,2-5H2,1H3. The Morgan fingerprint density at radius 2 is 2.05 bits per heavy atom. The average molecular weight is 299 g/mol. The summed E-state index contributed by atoms with van der Waals surface area (Å²) in [7, 11) is -3.13. The molecule has 0 amide bonds. The third-order valence-corrected chi connectivity index (χ3v) is 4.10. The predicted octanol–water partition coefficient (Wildman–Crippen LogP) is 0.848. The van der Waals surface area contributed by atoms with Crippen LogP contribution in [0.4, 0.5) is 13.2 Å². The van der Waals surface area contributed by atoms with Crippen molar-refractivity contribution in [1.82, 2.24) is 15.0 Å². The summed E-state index contributed by atoms with van der Waals surface area (Å²) in [5, 5.41) is 6.46. The van der Waals surface area contributed by atoms with E-state index in [0.717, 1.165) is 10.9 Å². The van der Waals surface area contributed by atoms with Gasteiger partial charge in [0.15, 0.2) is 5.69 Å². The largest absolute Gasteiger partial charge is 0.456 e. The van der Waals surface area contributed by atoms with E-state index in [1.165, 1.54) is 6.92 Å². The van der Waals surface area contributed by atoms with Gasteiger partial charge in [-0.05, 0) is 6.42 Å². The highest BCUT2D eigenvalue weighted by Gasteiger charge is 2.41. The number of sulfone groups is 1. The van der Waals surface area contributed by atoms with Gasteiger partial charge in [-0.15, -0.1) is 5.10 Å². The van der Waals surface area contributed by atoms with Crippen LogP contribution in [0.5, 0.6) is 0 Å². The molecule has 0 bridgehead atoms. The van der Waals surface area contributed by atoms with Gasteiger partial charge < -0.3 is 0 Å². The van der Waals surface area contributed by atoms with E-state index in [-0.39, 0.29) is 24.5 Å². The van der Waals surface area contributed by atoms with E-state index in [4.69, 9.17) is 0 Å². The van der Waals surface area contributed by atoms with Crippen molar-refractivity contribution in [3.8, 4) is 0 Å². The first-order valence-corrected chi connectivity index (χ1v) is 7.20. The highest BCUT2D eigenvalue weighted by atomic mass is 32.2. The molecule has 0 unspecified atom stereocenters. The summed E-state index contributed by atoms with van der Waals surface area (Å²) in [6.07, 6.45) is -3.94. The Morgan fingerprint density at radius 3 is 2.58 bits per heavy atom. The minimum Gasteiger partial charge on any atom is -0.282 e. The van der Waals surface area contributed by atoms with Crippen LogP contribution in [0.3, 0.4) is 0 Å². The highest BCUT2D eigenvalue weighted by Crippen LogP contribution is 2.19. The van der Waals surface area contributed by atoms with Gasteiger partial charge in [-0.1, -0.05) is 12.1 Å². The molecule has 0 aliphatic heterocycles. The first-order valence-electron chi connectivity index (χ1n) is 5.38. The van der Waals surface area contributed by atoms with Gasteiger partial charge in [0.1, 0.15) is 9.84 Å². The van der Waals surface area contributed by atoms with Crippen LogP contribution in [0.15, 0.2) is 6.20 Å². The summed E-state index contributed by atoms with van der Waals surface area (Å²) < 4.78 is 59.7. The Kier molecular flexibility index (Phi) is 4.66. The quantitative estimate of drug-likeness (QED) is 0.727. The normalized spacial score (nSPS) is 12.6. The van der Waals surface area contributed by atoms with Gasteiger partial charge in [0.2, 0.25) is 0 Å². The number of alkyl halides is 3. The molecule has 0 N–H and O–H groups in total. The average Bonchev–Trinajstić information content (AvgIpc) is 2.75. The fourth-order valence-electron chi connectivity index (χ4n) is 1.25. The lowest BCUT2D eigenvalue weighted by molar-refractivity contribution is -0.0888. The number of carbonyl (C=O) groups excluding carboxylic acids is 1. The lowest BCUT2D eigenvalue weighted by atomic mass is 10.3. The molecule has 0 aliphatic rings. The van der Waals surface area contributed by atoms with Crippen LogP contribution in [0.2, 0.25) is 0 Å². The second-order valence-corrected chi connectivity index (χ2v) is 6.26. The third-order valence-electron chi connectivity index (χ3n) is 2.31. The molecule has 10 heteroatoms. The van der Waals surface area contributed by atoms with E-state index < -0.39 is 27.5 Å². The minimum atomic E-state index is -4.99. The number of hydrogen-bond donors (Lipinski definition) is 0. The monoisotopic (exact) mass is 299 g/mol. The van der Waals surface area contributed by atoms with Crippen LogP contribution in [0.25, 0.3) is 0 Å². The molecule has 0 saturated heterocycles. The zero-order valence-corrected chi connectivity index (χ0v) is 10.8. The van der Waals surface area contributed by atoms with Crippen LogP contribution in [-0.2, 0) is 16.4 Å². The topological polar surface area (TPSA) is 81.9 Å². The number of hydrogen-bond acceptors (Lipinski definition) is 5. The van der Waals surface area contributed by atoms with Crippen LogP contribution >= 0.6 is 0 Å². The van der Waals surface area contributed by atoms with E-state index in [0.29, 0.717) is 0 Å². The summed E-state index contributed by atoms with van der Waals surface area (Å²) in [5.74, 6) is -2.16. The van der Waals surface area contributed by atoms with Gasteiger partial charge in [-0.3, -0.25) is 9.48 Å². The van der Waals surface area contributed by atoms with Crippen molar-refractivity contribution in [3.05, 3.63) is 11.9 Å². The number of Topliss-reactive ketones (excluding diaryl/α,β-unsaturated/α-hetero) is 1. The molecular weight excluding hydrogens is 287 g/mol. The Hall–Kier alpha value is -1.45. The molecule has 0 radical (unpaired) electrons. The van der Waals surface area contributed by atoms with Gasteiger partial charge in [0, 0.05) is 12.3 Å². The summed E-state index contributed by atoms with van der Waals surface area (Å²) in [6, 6.07) is 0. The van der Waals surface area contributed by atoms with E-state index >= 15 is 0 Å². The molecule has 1 aromatic heterocycles. The molecule has 19 heavy (non-hydrogen) atoms. The van der Waals surface area contributed by atoms with Gasteiger partial charge in [0.25, 0.3) is 5.78 Å². The SMILES string of the molecule is CCS(=O)(=O)CCCn1cc(C(=O)C(F)(F)F)nn1. The number of rotatable bonds is 6. The Labute approximate surface area is 107 Å². The number of halogens is 3. The van der Waals surface area contributed by atoms with Crippen molar-refractivity contribution in [2.45, 2.75) is 26.1 Å². The summed E-state index contributed by atoms with van der Waals surface area (Å²) >= 11 is 0. The molecule has 0 aliphatic carbocycles. The molecule has 1 rings (SSSR count). The lowest BCUT2D eigenvalue weighted by Gasteiger charge is -2.01. The molecule has 108 valence electrons. The smallest absolute Gasteiger partial charge is 0.282 e. The Balaban J connectivity index is 2.60. The zero-order valence-electron chi connectivity index (χ0n) is 10.0. The highest BCUT2D eigenvalue weighted by molar-refractivity contribution is 7.91. The van der Waals surface area contributed by atoms with E-state index in [9.17, 15) is 26.4 Å². The van der Waals surface area contributed by atoms with Crippen molar-refractivity contribution in [2.75, 3.05) is 11.5 Å². The Morgan fingerprint density at radius 1 is 1.42 bits per heavy atom. The summed E-state index contributed by atoms with van der Waals surface area (Å²) in [4.78, 5) is 10.8. The summed E-state index contributed by atoms with van der Waals surface area (Å²) in [5.41, 5.74) is -0.800. The fraction of sp³-hybridized carbons (Fsp3) is 0.667. The number of nitrogens with zero attached hydrogens (tertiary/aromatic N) is 3. The zero-order chi connectivity index (χ0) is 14.7. The first kappa shape index (κ1) is 15.6. The fourth-order valence-corrected chi connectivity index (χ4v) is 2.11. The van der Waals surface area contributed by atoms with Crippen molar-refractivity contribution >= 4 is 15.6 Å². The molecule has 1 heterocycles. The molecular formula is C9H12F3N3O3S. The number of carbonyl (C=O) groups is 1. The molecule has 0 spiro atoms. The molecule has 0 aromatic carbocycles. The molecule has 0 saturated carbocycles. The molecule has 1 aromatic rings. The van der Waals surface area contributed by atoms with Crippen LogP contribution in [0, 0.1) is 0 Å². The number of aryl methyl sites for hydroxylation is 1. The molecule has 0 atom stereocenters. The second kappa shape index (κ2) is 5.68. The minimum absolute atomic E-state index is 0.00215. The van der Waals surface area contributed by atoms with Gasteiger partial charge in [0.05, 0.1) is 11.9 Å². The van der Waals surface area contributed by atoms with E-state index in [1.807, 2.05) is 0 Å². The van der Waals surface area contributed by atoms with Gasteiger partial charge >= 0.3 is 6.18 Å². The van der Waals surface area contributed by atoms with E-state index in [1.54, 1.807) is 0 Å². The van der Waals surface area contributed by atoms with Crippen LogP contribution in [0.1, 0.15) is 23.8 Å². The van der Waals surface area contributed by atoms with E-state index in [2.05, 4.69) is 10.3 Å². The maximum atomic E-state index is 12.1. The third kappa shape index (κ3) is 4.62. The Bertz CT molecular complexity index is 551. The maximum Gasteiger partial charge on any atom is 0.456 e. The molecule has 6 nitrogen and oxygen atoms in total.